The van der Waals surface area contributed by atoms with Crippen LogP contribution in [0, 0.1) is 0 Å². The van der Waals surface area contributed by atoms with Gasteiger partial charge in [-0.1, -0.05) is 18.2 Å². The Kier molecular flexibility index (Phi) is 4.50. The third kappa shape index (κ3) is 3.10. The quantitative estimate of drug-likeness (QED) is 0.658. The zero-order valence-corrected chi connectivity index (χ0v) is 13.4. The monoisotopic (exact) mass is 329 g/mol. The van der Waals surface area contributed by atoms with E-state index in [1.807, 2.05) is 30.3 Å². The van der Waals surface area contributed by atoms with E-state index in [4.69, 9.17) is 4.74 Å². The Balaban J connectivity index is 1.63. The number of aromatic nitrogens is 1. The van der Waals surface area contributed by atoms with Crippen molar-refractivity contribution in [3.63, 3.8) is 0 Å². The van der Waals surface area contributed by atoms with E-state index in [0.29, 0.717) is 31.9 Å². The van der Waals surface area contributed by atoms with Crippen LogP contribution >= 0.6 is 0 Å². The molecule has 1 aliphatic rings. The number of amides is 2. The number of fused-ring (bicyclic) bond motifs is 1. The fraction of sp³-hybridized carbons (Fsp3) is 0.353. The normalized spacial score (nSPS) is 14.7. The van der Waals surface area contributed by atoms with Crippen LogP contribution in [-0.4, -0.2) is 65.4 Å². The molecule has 0 atom stereocenters. The molecule has 126 valence electrons. The van der Waals surface area contributed by atoms with E-state index < -0.39 is 11.9 Å². The maximum atomic E-state index is 12.6. The maximum Gasteiger partial charge on any atom is 0.397 e. The summed E-state index contributed by atoms with van der Waals surface area (Å²) in [6.45, 7) is 3.25. The summed E-state index contributed by atoms with van der Waals surface area (Å²) < 4.78 is 4.72. The number of nitrogens with one attached hydrogen (secondary N) is 1. The average molecular weight is 329 g/mol. The minimum absolute atomic E-state index is 0.102. The first-order valence-corrected chi connectivity index (χ1v) is 7.93. The van der Waals surface area contributed by atoms with Crippen molar-refractivity contribution >= 4 is 28.7 Å². The molecule has 1 saturated heterocycles. The first-order chi connectivity index (χ1) is 11.6. The molecule has 1 aromatic heterocycles. The SMILES string of the molecule is CCOC(=O)C(=O)N1CCN(C(=O)c2cc3ccccc3[nH]2)CC1. The Labute approximate surface area is 139 Å². The third-order valence-corrected chi connectivity index (χ3v) is 4.06. The minimum atomic E-state index is -0.840. The highest BCUT2D eigenvalue weighted by atomic mass is 16.5. The van der Waals surface area contributed by atoms with E-state index in [0.717, 1.165) is 10.9 Å². The molecule has 1 N–H and O–H groups in total. The number of esters is 1. The van der Waals surface area contributed by atoms with Gasteiger partial charge in [0.25, 0.3) is 5.91 Å². The number of nitrogens with zero attached hydrogens (tertiary/aromatic N) is 2. The van der Waals surface area contributed by atoms with E-state index in [1.165, 1.54) is 4.90 Å². The molecule has 1 aliphatic heterocycles. The van der Waals surface area contributed by atoms with Gasteiger partial charge in [-0.15, -0.1) is 0 Å². The van der Waals surface area contributed by atoms with Crippen LogP contribution in [0.25, 0.3) is 10.9 Å². The van der Waals surface area contributed by atoms with Gasteiger partial charge in [-0.25, -0.2) is 4.79 Å². The van der Waals surface area contributed by atoms with Gasteiger partial charge in [-0.2, -0.15) is 0 Å². The van der Waals surface area contributed by atoms with E-state index in [-0.39, 0.29) is 12.5 Å². The fourth-order valence-corrected chi connectivity index (χ4v) is 2.79. The number of carbonyl (C=O) groups is 3. The van der Waals surface area contributed by atoms with E-state index in [1.54, 1.807) is 11.8 Å². The summed E-state index contributed by atoms with van der Waals surface area (Å²) in [5, 5.41) is 0.983. The summed E-state index contributed by atoms with van der Waals surface area (Å²) in [4.78, 5) is 42.2. The van der Waals surface area contributed by atoms with Crippen molar-refractivity contribution in [2.24, 2.45) is 0 Å². The first-order valence-electron chi connectivity index (χ1n) is 7.93. The van der Waals surface area contributed by atoms with Crippen LogP contribution in [0.3, 0.4) is 0 Å². The molecule has 1 aromatic carbocycles. The highest BCUT2D eigenvalue weighted by molar-refractivity contribution is 6.32. The highest BCUT2D eigenvalue weighted by Gasteiger charge is 2.29. The molecule has 0 unspecified atom stereocenters. The van der Waals surface area contributed by atoms with Gasteiger partial charge >= 0.3 is 11.9 Å². The molecule has 24 heavy (non-hydrogen) atoms. The zero-order valence-electron chi connectivity index (χ0n) is 13.4. The number of piperazine rings is 1. The van der Waals surface area contributed by atoms with Gasteiger partial charge in [0, 0.05) is 37.1 Å². The second kappa shape index (κ2) is 6.74. The lowest BCUT2D eigenvalue weighted by Crippen LogP contribution is -2.52. The first kappa shape index (κ1) is 16.0. The van der Waals surface area contributed by atoms with E-state index in [2.05, 4.69) is 4.98 Å². The van der Waals surface area contributed by atoms with E-state index >= 15 is 0 Å². The molecule has 3 rings (SSSR count). The van der Waals surface area contributed by atoms with Crippen molar-refractivity contribution in [1.82, 2.24) is 14.8 Å². The third-order valence-electron chi connectivity index (χ3n) is 4.06. The van der Waals surface area contributed by atoms with Crippen LogP contribution in [0.5, 0.6) is 0 Å². The molecule has 0 saturated carbocycles. The largest absolute Gasteiger partial charge is 0.459 e. The fourth-order valence-electron chi connectivity index (χ4n) is 2.79. The lowest BCUT2D eigenvalue weighted by atomic mass is 10.2. The van der Waals surface area contributed by atoms with Gasteiger partial charge in [-0.05, 0) is 19.1 Å². The molecule has 0 spiro atoms. The van der Waals surface area contributed by atoms with Crippen molar-refractivity contribution in [1.29, 1.82) is 0 Å². The van der Waals surface area contributed by atoms with Crippen molar-refractivity contribution in [3.8, 4) is 0 Å². The topological polar surface area (TPSA) is 82.7 Å². The highest BCUT2D eigenvalue weighted by Crippen LogP contribution is 2.17. The second-order valence-corrected chi connectivity index (χ2v) is 5.58. The molecule has 0 bridgehead atoms. The Bertz CT molecular complexity index is 742. The number of hydrogen-bond acceptors (Lipinski definition) is 4. The number of rotatable bonds is 2. The van der Waals surface area contributed by atoms with Crippen molar-refractivity contribution in [2.75, 3.05) is 32.8 Å². The zero-order chi connectivity index (χ0) is 17.1. The summed E-state index contributed by atoms with van der Waals surface area (Å²) in [5.74, 6) is -1.59. The molecule has 0 aliphatic carbocycles. The number of aromatic amines is 1. The predicted octanol–water partition coefficient (Wildman–Crippen LogP) is 1.02. The average Bonchev–Trinajstić information content (AvgIpc) is 3.05. The van der Waals surface area contributed by atoms with Gasteiger partial charge in [0.05, 0.1) is 6.61 Å². The maximum absolute atomic E-state index is 12.6. The summed E-state index contributed by atoms with van der Waals surface area (Å²) >= 11 is 0. The van der Waals surface area contributed by atoms with Gasteiger partial charge in [0.2, 0.25) is 0 Å². The van der Waals surface area contributed by atoms with Crippen LogP contribution in [0.1, 0.15) is 17.4 Å². The number of carbonyl (C=O) groups excluding carboxylic acids is 3. The van der Waals surface area contributed by atoms with Crippen LogP contribution in [0.2, 0.25) is 0 Å². The van der Waals surface area contributed by atoms with Crippen LogP contribution in [-0.2, 0) is 14.3 Å². The van der Waals surface area contributed by atoms with Crippen molar-refractivity contribution in [3.05, 3.63) is 36.0 Å². The molecule has 2 heterocycles. The Morgan fingerprint density at radius 2 is 1.75 bits per heavy atom. The molecule has 7 heteroatoms. The van der Waals surface area contributed by atoms with Gasteiger partial charge < -0.3 is 19.5 Å². The number of hydrogen-bond donors (Lipinski definition) is 1. The minimum Gasteiger partial charge on any atom is -0.459 e. The van der Waals surface area contributed by atoms with Gasteiger partial charge in [0.15, 0.2) is 0 Å². The van der Waals surface area contributed by atoms with Gasteiger partial charge in [0.1, 0.15) is 5.69 Å². The Morgan fingerprint density at radius 1 is 1.08 bits per heavy atom. The Morgan fingerprint density at radius 3 is 2.42 bits per heavy atom. The number of ether oxygens (including phenoxy) is 1. The van der Waals surface area contributed by atoms with Crippen LogP contribution < -0.4 is 0 Å². The summed E-state index contributed by atoms with van der Waals surface area (Å²) in [6.07, 6.45) is 0. The van der Waals surface area contributed by atoms with Crippen molar-refractivity contribution < 1.29 is 19.1 Å². The summed E-state index contributed by atoms with van der Waals surface area (Å²) in [5.41, 5.74) is 1.44. The summed E-state index contributed by atoms with van der Waals surface area (Å²) in [6, 6.07) is 9.52. The molecular formula is C17H19N3O4. The predicted molar refractivity (Wildman–Crippen MR) is 87.4 cm³/mol. The Hall–Kier alpha value is -2.83. The number of benzene rings is 1. The van der Waals surface area contributed by atoms with Crippen LogP contribution in [0.4, 0.5) is 0 Å². The summed E-state index contributed by atoms with van der Waals surface area (Å²) in [7, 11) is 0. The number of H-pyrrole nitrogens is 1. The lowest BCUT2D eigenvalue weighted by molar-refractivity contribution is -0.160. The van der Waals surface area contributed by atoms with Crippen LogP contribution in [0.15, 0.2) is 30.3 Å². The smallest absolute Gasteiger partial charge is 0.397 e. The molecule has 2 aromatic rings. The lowest BCUT2D eigenvalue weighted by Gasteiger charge is -2.33. The molecule has 0 radical (unpaired) electrons. The second-order valence-electron chi connectivity index (χ2n) is 5.58. The molecule has 1 fully saturated rings. The molecule has 2 amide bonds. The van der Waals surface area contributed by atoms with Gasteiger partial charge in [-0.3, -0.25) is 9.59 Å². The van der Waals surface area contributed by atoms with E-state index in [9.17, 15) is 14.4 Å². The number of para-hydroxylation sites is 1. The molecular weight excluding hydrogens is 310 g/mol. The molecule has 7 nitrogen and oxygen atoms in total. The van der Waals surface area contributed by atoms with Crippen molar-refractivity contribution in [2.45, 2.75) is 6.92 Å². The standard InChI is InChI=1S/C17H19N3O4/c1-2-24-17(23)16(22)20-9-7-19(8-10-20)15(21)14-11-12-5-3-4-6-13(12)18-14/h3-6,11,18H,2,7-10H2,1H3.